The largest absolute Gasteiger partial charge is 0.456 e. The number of hydrogen-bond donors (Lipinski definition) is 2. The van der Waals surface area contributed by atoms with Crippen LogP contribution in [-0.4, -0.2) is 0 Å². The van der Waals surface area contributed by atoms with E-state index in [-0.39, 0.29) is 0 Å². The van der Waals surface area contributed by atoms with Crippen molar-refractivity contribution in [2.24, 2.45) is 0 Å². The fourth-order valence-electron chi connectivity index (χ4n) is 2.07. The molecule has 0 atom stereocenters. The summed E-state index contributed by atoms with van der Waals surface area (Å²) in [6, 6.07) is 12.4. The first-order chi connectivity index (χ1) is 8.31. The van der Waals surface area contributed by atoms with Gasteiger partial charge in [0.05, 0.1) is 0 Å². The lowest BCUT2D eigenvalue weighted by Crippen LogP contribution is -1.78. The van der Waals surface area contributed by atoms with Gasteiger partial charge in [0.1, 0.15) is 11.2 Å². The minimum Gasteiger partial charge on any atom is -0.456 e. The molecule has 2 aromatic carbocycles. The predicted octanol–water partition coefficient (Wildman–Crippen LogP) is 4.45. The number of fused-ring (bicyclic) bond motifs is 3. The molecule has 17 heavy (non-hydrogen) atoms. The first-order valence-electron chi connectivity index (χ1n) is 5.47. The highest BCUT2D eigenvalue weighted by Gasteiger charge is 2.07. The third kappa shape index (κ3) is 1.83. The maximum atomic E-state index is 5.80. The average molecular weight is 260 g/mol. The predicted molar refractivity (Wildman–Crippen MR) is 79.1 cm³/mol. The molecule has 0 aliphatic carbocycles. The van der Waals surface area contributed by atoms with Crippen molar-refractivity contribution < 1.29 is 4.42 Å². The Balaban J connectivity index is 2.37. The molecule has 0 aliphatic heterocycles. The molecule has 0 unspecified atom stereocenters. The van der Waals surface area contributed by atoms with Gasteiger partial charge in [0.25, 0.3) is 0 Å². The zero-order chi connectivity index (χ0) is 11.8. The van der Waals surface area contributed by atoms with Crippen LogP contribution in [0, 0.1) is 0 Å². The standard InChI is InChI=1S/C14H12OS2/c16-7-9-1-3-13-11(5-9)12-6-10(8-17)2-4-14(12)15-13/h1-6,16-17H,7-8H2. The van der Waals surface area contributed by atoms with Gasteiger partial charge in [-0.2, -0.15) is 25.3 Å². The topological polar surface area (TPSA) is 13.1 Å². The second-order valence-corrected chi connectivity index (χ2v) is 4.71. The Morgan fingerprint density at radius 1 is 0.765 bits per heavy atom. The highest BCUT2D eigenvalue weighted by atomic mass is 32.1. The molecule has 0 spiro atoms. The van der Waals surface area contributed by atoms with Crippen molar-refractivity contribution in [2.45, 2.75) is 11.5 Å². The van der Waals surface area contributed by atoms with Crippen LogP contribution in [0.5, 0.6) is 0 Å². The summed E-state index contributed by atoms with van der Waals surface area (Å²) in [4.78, 5) is 0. The summed E-state index contributed by atoms with van der Waals surface area (Å²) in [5, 5.41) is 2.32. The summed E-state index contributed by atoms with van der Waals surface area (Å²) in [5.74, 6) is 1.49. The fraction of sp³-hybridized carbons (Fsp3) is 0.143. The van der Waals surface area contributed by atoms with E-state index in [0.29, 0.717) is 0 Å². The summed E-state index contributed by atoms with van der Waals surface area (Å²) < 4.78 is 5.80. The van der Waals surface area contributed by atoms with Gasteiger partial charge >= 0.3 is 0 Å². The van der Waals surface area contributed by atoms with Gasteiger partial charge in [-0.3, -0.25) is 0 Å². The Hall–Kier alpha value is -1.06. The van der Waals surface area contributed by atoms with E-state index < -0.39 is 0 Å². The normalized spacial score (nSPS) is 11.4. The second kappa shape index (κ2) is 4.31. The first kappa shape index (κ1) is 11.1. The summed E-state index contributed by atoms with van der Waals surface area (Å²) in [6.45, 7) is 0. The summed E-state index contributed by atoms with van der Waals surface area (Å²) in [7, 11) is 0. The zero-order valence-electron chi connectivity index (χ0n) is 9.18. The second-order valence-electron chi connectivity index (χ2n) is 4.08. The maximum Gasteiger partial charge on any atom is 0.135 e. The molecule has 1 aromatic heterocycles. The minimum atomic E-state index is 0.745. The average Bonchev–Trinajstić information content (AvgIpc) is 2.75. The Morgan fingerprint density at radius 3 is 1.65 bits per heavy atom. The van der Waals surface area contributed by atoms with Gasteiger partial charge in [-0.15, -0.1) is 0 Å². The van der Waals surface area contributed by atoms with Crippen molar-refractivity contribution in [1.82, 2.24) is 0 Å². The molecule has 0 saturated heterocycles. The zero-order valence-corrected chi connectivity index (χ0v) is 11.0. The van der Waals surface area contributed by atoms with Crippen LogP contribution in [-0.2, 0) is 11.5 Å². The van der Waals surface area contributed by atoms with Crippen molar-refractivity contribution in [3.8, 4) is 0 Å². The van der Waals surface area contributed by atoms with Crippen LogP contribution >= 0.6 is 25.3 Å². The lowest BCUT2D eigenvalue weighted by atomic mass is 10.1. The first-order valence-corrected chi connectivity index (χ1v) is 6.74. The summed E-state index contributed by atoms with van der Waals surface area (Å²) in [5.41, 5.74) is 4.28. The van der Waals surface area contributed by atoms with E-state index in [1.807, 2.05) is 12.1 Å². The monoisotopic (exact) mass is 260 g/mol. The van der Waals surface area contributed by atoms with Crippen molar-refractivity contribution in [3.63, 3.8) is 0 Å². The highest BCUT2D eigenvalue weighted by Crippen LogP contribution is 2.30. The van der Waals surface area contributed by atoms with Gasteiger partial charge in [0.2, 0.25) is 0 Å². The molecular weight excluding hydrogens is 248 g/mol. The van der Waals surface area contributed by atoms with Crippen LogP contribution in [0.3, 0.4) is 0 Å². The molecule has 0 amide bonds. The van der Waals surface area contributed by atoms with E-state index in [9.17, 15) is 0 Å². The number of thiol groups is 2. The van der Waals surface area contributed by atoms with Gasteiger partial charge in [-0.05, 0) is 35.4 Å². The molecular formula is C14H12OS2. The molecule has 0 aliphatic rings. The molecule has 0 saturated carbocycles. The van der Waals surface area contributed by atoms with Crippen LogP contribution in [0.2, 0.25) is 0 Å². The molecule has 1 nitrogen and oxygen atoms in total. The molecule has 86 valence electrons. The maximum absolute atomic E-state index is 5.80. The van der Waals surface area contributed by atoms with Crippen molar-refractivity contribution in [3.05, 3.63) is 47.5 Å². The van der Waals surface area contributed by atoms with Crippen LogP contribution in [0.1, 0.15) is 11.1 Å². The Kier molecular flexibility index (Phi) is 2.81. The SMILES string of the molecule is SCc1ccc2oc3ccc(CS)cc3c2c1. The molecule has 1 heterocycles. The highest BCUT2D eigenvalue weighted by molar-refractivity contribution is 7.79. The van der Waals surface area contributed by atoms with E-state index >= 15 is 0 Å². The van der Waals surface area contributed by atoms with Crippen LogP contribution in [0.4, 0.5) is 0 Å². The molecule has 0 bridgehead atoms. The number of hydrogen-bond acceptors (Lipinski definition) is 3. The molecule has 3 rings (SSSR count). The van der Waals surface area contributed by atoms with Gasteiger partial charge in [0, 0.05) is 22.3 Å². The smallest absolute Gasteiger partial charge is 0.135 e. The third-order valence-corrected chi connectivity index (χ3v) is 3.69. The van der Waals surface area contributed by atoms with Gasteiger partial charge in [-0.1, -0.05) is 12.1 Å². The molecule has 0 fully saturated rings. The Labute approximate surface area is 111 Å². The molecule has 3 aromatic rings. The van der Waals surface area contributed by atoms with Gasteiger partial charge in [-0.25, -0.2) is 0 Å². The summed E-state index contributed by atoms with van der Waals surface area (Å²) >= 11 is 8.61. The van der Waals surface area contributed by atoms with Crippen molar-refractivity contribution in [1.29, 1.82) is 0 Å². The van der Waals surface area contributed by atoms with Crippen LogP contribution < -0.4 is 0 Å². The van der Waals surface area contributed by atoms with Crippen LogP contribution in [0.25, 0.3) is 21.9 Å². The van der Waals surface area contributed by atoms with Crippen molar-refractivity contribution in [2.75, 3.05) is 0 Å². The summed E-state index contributed by atoms with van der Waals surface area (Å²) in [6.07, 6.45) is 0. The Bertz CT molecular complexity index is 627. The molecule has 3 heteroatoms. The third-order valence-electron chi connectivity index (χ3n) is 2.96. The quantitative estimate of drug-likeness (QED) is 0.649. The number of rotatable bonds is 2. The Morgan fingerprint density at radius 2 is 1.24 bits per heavy atom. The van der Waals surface area contributed by atoms with Crippen LogP contribution in [0.15, 0.2) is 40.8 Å². The van der Waals surface area contributed by atoms with E-state index in [0.717, 1.165) is 33.4 Å². The molecule has 0 N–H and O–H groups in total. The molecule has 0 radical (unpaired) electrons. The van der Waals surface area contributed by atoms with Gasteiger partial charge < -0.3 is 4.42 Å². The van der Waals surface area contributed by atoms with E-state index in [2.05, 4.69) is 49.5 Å². The lowest BCUT2D eigenvalue weighted by Gasteiger charge is -1.96. The number of furan rings is 1. The van der Waals surface area contributed by atoms with Crippen molar-refractivity contribution >= 4 is 47.2 Å². The van der Waals surface area contributed by atoms with E-state index in [1.165, 1.54) is 11.1 Å². The van der Waals surface area contributed by atoms with E-state index in [4.69, 9.17) is 4.42 Å². The minimum absolute atomic E-state index is 0.745. The van der Waals surface area contributed by atoms with E-state index in [1.54, 1.807) is 0 Å². The van der Waals surface area contributed by atoms with Gasteiger partial charge in [0.15, 0.2) is 0 Å². The number of benzene rings is 2. The fourth-order valence-corrected chi connectivity index (χ4v) is 2.46. The lowest BCUT2D eigenvalue weighted by molar-refractivity contribution is 0.668.